The molecule has 2 amide bonds. The van der Waals surface area contributed by atoms with Crippen LogP contribution in [-0.4, -0.2) is 39.9 Å². The molecule has 1 aromatic carbocycles. The van der Waals surface area contributed by atoms with Gasteiger partial charge in [0.25, 0.3) is 11.8 Å². The number of aromatic carboxylic acids is 1. The number of carbonyl (C=O) groups excluding carboxylic acids is 2. The predicted octanol–water partition coefficient (Wildman–Crippen LogP) is 0.720. The molecule has 8 nitrogen and oxygen atoms in total. The third kappa shape index (κ3) is 3.06. The Morgan fingerprint density at radius 2 is 1.81 bits per heavy atom. The lowest BCUT2D eigenvalue weighted by Gasteiger charge is -2.05. The predicted molar refractivity (Wildman–Crippen MR) is 73.3 cm³/mol. The number of amides is 2. The number of imidazole rings is 1. The van der Waals surface area contributed by atoms with Gasteiger partial charge in [0.05, 0.1) is 6.33 Å². The van der Waals surface area contributed by atoms with Gasteiger partial charge in [0, 0.05) is 18.3 Å². The quantitative estimate of drug-likeness (QED) is 0.660. The molecule has 0 saturated carbocycles. The van der Waals surface area contributed by atoms with Crippen LogP contribution in [0.5, 0.6) is 0 Å². The van der Waals surface area contributed by atoms with Crippen LogP contribution in [0.15, 0.2) is 30.6 Å². The molecule has 1 aromatic heterocycles. The van der Waals surface area contributed by atoms with Crippen molar-refractivity contribution in [3.63, 3.8) is 0 Å². The highest BCUT2D eigenvalue weighted by molar-refractivity contribution is 6.08. The van der Waals surface area contributed by atoms with Crippen molar-refractivity contribution in [2.75, 3.05) is 12.4 Å². The number of hydrogen-bond donors (Lipinski definition) is 4. The van der Waals surface area contributed by atoms with E-state index in [0.717, 1.165) is 6.33 Å². The van der Waals surface area contributed by atoms with Crippen molar-refractivity contribution >= 4 is 23.5 Å². The second-order valence-corrected chi connectivity index (χ2v) is 4.04. The maximum absolute atomic E-state index is 11.9. The summed E-state index contributed by atoms with van der Waals surface area (Å²) in [4.78, 5) is 40.3. The molecule has 0 saturated heterocycles. The van der Waals surface area contributed by atoms with Gasteiger partial charge in [-0.3, -0.25) is 9.59 Å². The lowest BCUT2D eigenvalue weighted by atomic mass is 10.2. The molecule has 0 spiro atoms. The minimum Gasteiger partial charge on any atom is -0.477 e. The fraction of sp³-hybridized carbons (Fsp3) is 0.0769. The van der Waals surface area contributed by atoms with Crippen LogP contribution in [0, 0.1) is 0 Å². The zero-order valence-electron chi connectivity index (χ0n) is 11.0. The van der Waals surface area contributed by atoms with Gasteiger partial charge in [0.15, 0.2) is 11.4 Å². The van der Waals surface area contributed by atoms with Crippen molar-refractivity contribution in [2.45, 2.75) is 0 Å². The first kappa shape index (κ1) is 14.3. The number of carboxylic acids is 1. The molecule has 0 unspecified atom stereocenters. The first-order chi connectivity index (χ1) is 10.0. The van der Waals surface area contributed by atoms with E-state index in [9.17, 15) is 14.4 Å². The molecule has 0 bridgehead atoms. The van der Waals surface area contributed by atoms with Gasteiger partial charge in [0.1, 0.15) is 0 Å². The van der Waals surface area contributed by atoms with Crippen LogP contribution in [0.2, 0.25) is 0 Å². The minimum atomic E-state index is -1.27. The highest BCUT2D eigenvalue weighted by Gasteiger charge is 2.19. The summed E-state index contributed by atoms with van der Waals surface area (Å²) in [6, 6.07) is 6.15. The highest BCUT2D eigenvalue weighted by Crippen LogP contribution is 2.12. The van der Waals surface area contributed by atoms with Crippen LogP contribution < -0.4 is 10.6 Å². The Hall–Kier alpha value is -3.16. The minimum absolute atomic E-state index is 0.210. The third-order valence-corrected chi connectivity index (χ3v) is 2.70. The molecule has 21 heavy (non-hydrogen) atoms. The van der Waals surface area contributed by atoms with Gasteiger partial charge in [-0.05, 0) is 24.3 Å². The van der Waals surface area contributed by atoms with Crippen LogP contribution in [-0.2, 0) is 0 Å². The molecule has 2 rings (SSSR count). The summed E-state index contributed by atoms with van der Waals surface area (Å²) in [5.41, 5.74) is 0.376. The average Bonchev–Trinajstić information content (AvgIpc) is 2.97. The molecule has 108 valence electrons. The monoisotopic (exact) mass is 288 g/mol. The smallest absolute Gasteiger partial charge is 0.354 e. The van der Waals surface area contributed by atoms with Crippen molar-refractivity contribution in [1.82, 2.24) is 15.3 Å². The van der Waals surface area contributed by atoms with E-state index >= 15 is 0 Å². The second kappa shape index (κ2) is 5.87. The van der Waals surface area contributed by atoms with Gasteiger partial charge in [-0.15, -0.1) is 0 Å². The molecular weight excluding hydrogens is 276 g/mol. The summed E-state index contributed by atoms with van der Waals surface area (Å²) in [7, 11) is 1.52. The Morgan fingerprint density at radius 3 is 2.38 bits per heavy atom. The number of H-pyrrole nitrogens is 1. The van der Waals surface area contributed by atoms with Gasteiger partial charge in [0.2, 0.25) is 0 Å². The lowest BCUT2D eigenvalue weighted by molar-refractivity contribution is 0.0686. The maximum atomic E-state index is 11.9. The van der Waals surface area contributed by atoms with Crippen LogP contribution in [0.4, 0.5) is 5.69 Å². The topological polar surface area (TPSA) is 124 Å². The Morgan fingerprint density at radius 1 is 1.14 bits per heavy atom. The van der Waals surface area contributed by atoms with Gasteiger partial charge >= 0.3 is 5.97 Å². The van der Waals surface area contributed by atoms with Crippen LogP contribution in [0.1, 0.15) is 31.3 Å². The normalized spacial score (nSPS) is 9.95. The number of nitrogens with zero attached hydrogens (tertiary/aromatic N) is 1. The molecular formula is C13H12N4O4. The van der Waals surface area contributed by atoms with Crippen molar-refractivity contribution < 1.29 is 19.5 Å². The van der Waals surface area contributed by atoms with Gasteiger partial charge in [-0.25, -0.2) is 9.78 Å². The van der Waals surface area contributed by atoms with E-state index in [0.29, 0.717) is 11.3 Å². The summed E-state index contributed by atoms with van der Waals surface area (Å²) < 4.78 is 0. The van der Waals surface area contributed by atoms with E-state index in [-0.39, 0.29) is 17.3 Å². The summed E-state index contributed by atoms with van der Waals surface area (Å²) >= 11 is 0. The van der Waals surface area contributed by atoms with E-state index in [1.807, 2.05) is 0 Å². The van der Waals surface area contributed by atoms with Crippen LogP contribution >= 0.6 is 0 Å². The van der Waals surface area contributed by atoms with E-state index in [4.69, 9.17) is 5.11 Å². The summed E-state index contributed by atoms with van der Waals surface area (Å²) in [5, 5.41) is 13.9. The first-order valence-electron chi connectivity index (χ1n) is 5.93. The molecule has 0 aliphatic rings. The zero-order valence-corrected chi connectivity index (χ0v) is 11.0. The Kier molecular flexibility index (Phi) is 3.98. The molecule has 2 aromatic rings. The van der Waals surface area contributed by atoms with Crippen molar-refractivity contribution in [3.05, 3.63) is 47.5 Å². The highest BCUT2D eigenvalue weighted by atomic mass is 16.4. The Balaban J connectivity index is 2.14. The van der Waals surface area contributed by atoms with Crippen molar-refractivity contribution in [2.24, 2.45) is 0 Å². The third-order valence-electron chi connectivity index (χ3n) is 2.70. The van der Waals surface area contributed by atoms with E-state index < -0.39 is 11.9 Å². The van der Waals surface area contributed by atoms with Gasteiger partial charge in [-0.1, -0.05) is 0 Å². The largest absolute Gasteiger partial charge is 0.477 e. The molecule has 0 radical (unpaired) electrons. The lowest BCUT2D eigenvalue weighted by Crippen LogP contribution is -2.18. The number of hydrogen-bond acceptors (Lipinski definition) is 4. The number of anilines is 1. The van der Waals surface area contributed by atoms with Crippen molar-refractivity contribution in [3.8, 4) is 0 Å². The Labute approximate surface area is 119 Å². The zero-order chi connectivity index (χ0) is 15.4. The van der Waals surface area contributed by atoms with Crippen molar-refractivity contribution in [1.29, 1.82) is 0 Å². The molecule has 4 N–H and O–H groups in total. The van der Waals surface area contributed by atoms with E-state index in [2.05, 4.69) is 20.6 Å². The number of aromatic nitrogens is 2. The second-order valence-electron chi connectivity index (χ2n) is 4.04. The fourth-order valence-corrected chi connectivity index (χ4v) is 1.67. The molecule has 1 heterocycles. The van der Waals surface area contributed by atoms with E-state index in [1.165, 1.54) is 31.3 Å². The fourth-order valence-electron chi connectivity index (χ4n) is 1.67. The molecule has 0 fully saturated rings. The summed E-state index contributed by atoms with van der Waals surface area (Å²) in [6.45, 7) is 0. The number of carboxylic acid groups (broad SMARTS) is 1. The van der Waals surface area contributed by atoms with E-state index in [1.54, 1.807) is 0 Å². The summed E-state index contributed by atoms with van der Waals surface area (Å²) in [6.07, 6.45) is 1.13. The number of carbonyl (C=O) groups is 3. The number of aromatic amines is 1. The Bertz CT molecular complexity index is 690. The van der Waals surface area contributed by atoms with Crippen LogP contribution in [0.3, 0.4) is 0 Å². The summed E-state index contributed by atoms with van der Waals surface area (Å²) in [5.74, 6) is -2.16. The van der Waals surface area contributed by atoms with Crippen LogP contribution in [0.25, 0.3) is 0 Å². The molecule has 8 heteroatoms. The molecule has 0 aliphatic heterocycles. The number of nitrogens with one attached hydrogen (secondary N) is 3. The molecule has 0 aliphatic carbocycles. The average molecular weight is 288 g/mol. The first-order valence-corrected chi connectivity index (χ1v) is 5.93. The van der Waals surface area contributed by atoms with Gasteiger partial charge in [-0.2, -0.15) is 0 Å². The molecule has 0 atom stereocenters. The standard InChI is InChI=1S/C13H12N4O4/c1-14-11(18)7-2-4-8(5-3-7)17-12(19)9-10(13(20)21)16-6-15-9/h2-6H,1H3,(H,14,18)(H,15,16)(H,17,19)(H,20,21). The maximum Gasteiger partial charge on any atom is 0.354 e. The SMILES string of the molecule is CNC(=O)c1ccc(NC(=O)c2nc[nH]c2C(=O)O)cc1. The number of benzene rings is 1. The van der Waals surface area contributed by atoms with Gasteiger partial charge < -0.3 is 20.7 Å². The number of rotatable bonds is 4.